The third-order valence-corrected chi connectivity index (χ3v) is 4.79. The average molecular weight is 342 g/mol. The van der Waals surface area contributed by atoms with Gasteiger partial charge in [-0.3, -0.25) is 9.59 Å². The zero-order chi connectivity index (χ0) is 14.6. The average Bonchev–Trinajstić information content (AvgIpc) is 2.69. The maximum Gasteiger partial charge on any atom is 0.299 e. The summed E-state index contributed by atoms with van der Waals surface area (Å²) < 4.78 is 0.818. The van der Waals surface area contributed by atoms with E-state index in [4.69, 9.17) is 0 Å². The minimum Gasteiger partial charge on any atom is -0.304 e. The lowest BCUT2D eigenvalue weighted by Crippen LogP contribution is -2.37. The standard InChI is InChI=1S/C17H12BrNO2/c18-12-5-6-15-14(8-12)16(20)17(21)19(15)9-11-7-10-3-1-2-4-13(10)11/h1-6,8,11H,7,9H2. The first-order chi connectivity index (χ1) is 10.1. The number of Topliss-reactive ketones (excluding diaryl/α,β-unsaturated/α-hetero) is 1. The Kier molecular flexibility index (Phi) is 2.76. The van der Waals surface area contributed by atoms with E-state index >= 15 is 0 Å². The predicted molar refractivity (Wildman–Crippen MR) is 83.7 cm³/mol. The van der Waals surface area contributed by atoms with E-state index in [9.17, 15) is 9.59 Å². The number of carbonyl (C=O) groups excluding carboxylic acids is 2. The first kappa shape index (κ1) is 12.8. The smallest absolute Gasteiger partial charge is 0.299 e. The summed E-state index contributed by atoms with van der Waals surface area (Å²) in [6.45, 7) is 0.580. The number of carbonyl (C=O) groups is 2. The summed E-state index contributed by atoms with van der Waals surface area (Å²) in [6.07, 6.45) is 0.972. The van der Waals surface area contributed by atoms with Crippen LogP contribution in [0.1, 0.15) is 27.4 Å². The second-order valence-corrected chi connectivity index (χ2v) is 6.42. The Morgan fingerprint density at radius 2 is 1.95 bits per heavy atom. The summed E-state index contributed by atoms with van der Waals surface area (Å²) in [5.41, 5.74) is 3.87. The molecule has 1 atom stereocenters. The van der Waals surface area contributed by atoms with Gasteiger partial charge < -0.3 is 4.90 Å². The largest absolute Gasteiger partial charge is 0.304 e. The number of nitrogens with zero attached hydrogens (tertiary/aromatic N) is 1. The summed E-state index contributed by atoms with van der Waals surface area (Å²) in [7, 11) is 0. The van der Waals surface area contributed by atoms with Crippen molar-refractivity contribution in [3.8, 4) is 0 Å². The second-order valence-electron chi connectivity index (χ2n) is 5.51. The van der Waals surface area contributed by atoms with Gasteiger partial charge in [-0.2, -0.15) is 0 Å². The van der Waals surface area contributed by atoms with Gasteiger partial charge in [-0.25, -0.2) is 0 Å². The molecular weight excluding hydrogens is 330 g/mol. The molecule has 1 unspecified atom stereocenters. The molecule has 0 bridgehead atoms. The van der Waals surface area contributed by atoms with Crippen LogP contribution in [0.4, 0.5) is 5.69 Å². The van der Waals surface area contributed by atoms with Gasteiger partial charge in [0.25, 0.3) is 11.7 Å². The van der Waals surface area contributed by atoms with Crippen LogP contribution in [0.3, 0.4) is 0 Å². The van der Waals surface area contributed by atoms with Crippen LogP contribution in [-0.2, 0) is 11.2 Å². The third kappa shape index (κ3) is 1.86. The maximum absolute atomic E-state index is 12.2. The van der Waals surface area contributed by atoms with Crippen molar-refractivity contribution in [3.05, 3.63) is 63.6 Å². The van der Waals surface area contributed by atoms with Crippen LogP contribution >= 0.6 is 15.9 Å². The molecule has 104 valence electrons. The maximum atomic E-state index is 12.2. The number of rotatable bonds is 2. The molecule has 1 aliphatic heterocycles. The van der Waals surface area contributed by atoms with E-state index in [0.29, 0.717) is 18.0 Å². The zero-order valence-electron chi connectivity index (χ0n) is 11.2. The van der Waals surface area contributed by atoms with Gasteiger partial charge in [0.05, 0.1) is 11.3 Å². The molecule has 0 aromatic heterocycles. The summed E-state index contributed by atoms with van der Waals surface area (Å²) in [5.74, 6) is -0.487. The Bertz CT molecular complexity index is 784. The minimum absolute atomic E-state index is 0.326. The molecule has 0 fully saturated rings. The normalized spacial score (nSPS) is 19.3. The number of fused-ring (bicyclic) bond motifs is 2. The molecule has 3 nitrogen and oxygen atoms in total. The topological polar surface area (TPSA) is 37.4 Å². The number of hydrogen-bond acceptors (Lipinski definition) is 2. The number of anilines is 1. The van der Waals surface area contributed by atoms with Gasteiger partial charge in [-0.05, 0) is 35.7 Å². The molecule has 2 aromatic carbocycles. The zero-order valence-corrected chi connectivity index (χ0v) is 12.8. The summed E-state index contributed by atoms with van der Waals surface area (Å²) in [6, 6.07) is 13.7. The summed E-state index contributed by atoms with van der Waals surface area (Å²) in [4.78, 5) is 25.9. The Morgan fingerprint density at radius 3 is 2.76 bits per heavy atom. The molecule has 2 aliphatic rings. The van der Waals surface area contributed by atoms with Gasteiger partial charge in [0.2, 0.25) is 0 Å². The van der Waals surface area contributed by atoms with E-state index in [1.807, 2.05) is 24.3 Å². The Morgan fingerprint density at radius 1 is 1.14 bits per heavy atom. The molecule has 4 rings (SSSR count). The highest BCUT2D eigenvalue weighted by atomic mass is 79.9. The lowest BCUT2D eigenvalue weighted by atomic mass is 9.77. The van der Waals surface area contributed by atoms with Crippen LogP contribution in [0.5, 0.6) is 0 Å². The highest BCUT2D eigenvalue weighted by molar-refractivity contribution is 9.10. The van der Waals surface area contributed by atoms with E-state index < -0.39 is 11.7 Å². The summed E-state index contributed by atoms with van der Waals surface area (Å²) in [5, 5.41) is 0. The molecule has 21 heavy (non-hydrogen) atoms. The fourth-order valence-corrected chi connectivity index (χ4v) is 3.56. The van der Waals surface area contributed by atoms with Crippen molar-refractivity contribution in [1.29, 1.82) is 0 Å². The van der Waals surface area contributed by atoms with Crippen LogP contribution in [0, 0.1) is 0 Å². The van der Waals surface area contributed by atoms with Crippen LogP contribution in [0.15, 0.2) is 46.9 Å². The van der Waals surface area contributed by atoms with Crippen molar-refractivity contribution >= 4 is 33.3 Å². The number of hydrogen-bond donors (Lipinski definition) is 0. The fraction of sp³-hybridized carbons (Fsp3) is 0.176. The molecule has 4 heteroatoms. The number of benzene rings is 2. The van der Waals surface area contributed by atoms with Crippen molar-refractivity contribution < 1.29 is 9.59 Å². The monoisotopic (exact) mass is 341 g/mol. The SMILES string of the molecule is O=C1C(=O)N(CC2Cc3ccccc32)c2ccc(Br)cc21. The van der Waals surface area contributed by atoms with E-state index in [1.165, 1.54) is 11.1 Å². The van der Waals surface area contributed by atoms with E-state index in [1.54, 1.807) is 11.0 Å². The predicted octanol–water partition coefficient (Wildman–Crippen LogP) is 3.32. The van der Waals surface area contributed by atoms with Crippen LogP contribution < -0.4 is 4.90 Å². The van der Waals surface area contributed by atoms with E-state index in [2.05, 4.69) is 28.1 Å². The third-order valence-electron chi connectivity index (χ3n) is 4.30. The number of halogens is 1. The molecule has 0 saturated heterocycles. The van der Waals surface area contributed by atoms with E-state index in [-0.39, 0.29) is 0 Å². The second kappa shape index (κ2) is 4.53. The number of ketones is 1. The van der Waals surface area contributed by atoms with Crippen LogP contribution in [0.2, 0.25) is 0 Å². The van der Waals surface area contributed by atoms with Gasteiger partial charge in [-0.1, -0.05) is 40.2 Å². The molecule has 2 aromatic rings. The first-order valence-corrected chi connectivity index (χ1v) is 7.68. The van der Waals surface area contributed by atoms with Gasteiger partial charge in [0.15, 0.2) is 0 Å². The van der Waals surface area contributed by atoms with Crippen molar-refractivity contribution in [2.75, 3.05) is 11.4 Å². The van der Waals surface area contributed by atoms with Crippen LogP contribution in [-0.4, -0.2) is 18.2 Å². The van der Waals surface area contributed by atoms with Crippen molar-refractivity contribution in [3.63, 3.8) is 0 Å². The Labute approximate surface area is 130 Å². The Balaban J connectivity index is 1.66. The molecular formula is C17H12BrNO2. The quantitative estimate of drug-likeness (QED) is 0.786. The molecule has 1 aliphatic carbocycles. The van der Waals surface area contributed by atoms with Crippen molar-refractivity contribution in [2.24, 2.45) is 0 Å². The van der Waals surface area contributed by atoms with Gasteiger partial charge in [-0.15, -0.1) is 0 Å². The minimum atomic E-state index is -0.410. The van der Waals surface area contributed by atoms with Crippen molar-refractivity contribution in [2.45, 2.75) is 12.3 Å². The summed E-state index contributed by atoms with van der Waals surface area (Å²) >= 11 is 3.35. The lowest BCUT2D eigenvalue weighted by Gasteiger charge is -2.33. The molecule has 0 spiro atoms. The van der Waals surface area contributed by atoms with Crippen LogP contribution in [0.25, 0.3) is 0 Å². The first-order valence-electron chi connectivity index (χ1n) is 6.88. The molecule has 0 radical (unpaired) electrons. The molecule has 0 saturated carbocycles. The highest BCUT2D eigenvalue weighted by Crippen LogP contribution is 2.39. The molecule has 1 heterocycles. The van der Waals surface area contributed by atoms with Gasteiger partial charge in [0.1, 0.15) is 0 Å². The van der Waals surface area contributed by atoms with Gasteiger partial charge in [0, 0.05) is 16.9 Å². The Hall–Kier alpha value is -1.94. The number of amides is 1. The molecule has 0 N–H and O–H groups in total. The van der Waals surface area contributed by atoms with Gasteiger partial charge >= 0.3 is 0 Å². The lowest BCUT2D eigenvalue weighted by molar-refractivity contribution is -0.114. The fourth-order valence-electron chi connectivity index (χ4n) is 3.20. The molecule has 1 amide bonds. The van der Waals surface area contributed by atoms with E-state index in [0.717, 1.165) is 16.6 Å². The highest BCUT2D eigenvalue weighted by Gasteiger charge is 2.38. The van der Waals surface area contributed by atoms with Crippen molar-refractivity contribution in [1.82, 2.24) is 0 Å².